The summed E-state index contributed by atoms with van der Waals surface area (Å²) in [6, 6.07) is 6.76. The number of rotatable bonds is 7. The van der Waals surface area contributed by atoms with E-state index in [2.05, 4.69) is 45.8 Å². The number of hydrogen-bond acceptors (Lipinski definition) is 3. The lowest BCUT2D eigenvalue weighted by molar-refractivity contribution is 0.145. The van der Waals surface area contributed by atoms with E-state index in [0.717, 1.165) is 45.2 Å². The van der Waals surface area contributed by atoms with Gasteiger partial charge in [0, 0.05) is 52.6 Å². The van der Waals surface area contributed by atoms with Crippen LogP contribution in [0.15, 0.2) is 23.2 Å². The van der Waals surface area contributed by atoms with Crippen LogP contribution in [0.25, 0.3) is 0 Å². The number of anilines is 1. The third-order valence-corrected chi connectivity index (χ3v) is 4.14. The molecule has 1 aliphatic heterocycles. The SMILES string of the molecule is CCOCCCNC(=NC)NCc1ccc2c(c1)CCCN2C.I. The number of fused-ring (bicyclic) bond motifs is 1. The molecule has 24 heavy (non-hydrogen) atoms. The van der Waals surface area contributed by atoms with Crippen molar-refractivity contribution in [2.45, 2.75) is 32.7 Å². The van der Waals surface area contributed by atoms with E-state index in [-0.39, 0.29) is 24.0 Å². The average Bonchev–Trinajstić information content (AvgIpc) is 2.57. The molecule has 0 spiro atoms. The van der Waals surface area contributed by atoms with Crippen molar-refractivity contribution >= 4 is 35.6 Å². The second-order valence-electron chi connectivity index (χ2n) is 5.89. The standard InChI is InChI=1S/C18H30N4O.HI/c1-4-23-12-6-10-20-18(19-2)21-14-15-8-9-17-16(13-15)7-5-11-22(17)3;/h8-9,13H,4-7,10-12,14H2,1-3H3,(H2,19,20,21);1H. The van der Waals surface area contributed by atoms with Gasteiger partial charge in [-0.1, -0.05) is 12.1 Å². The van der Waals surface area contributed by atoms with Crippen LogP contribution in [0.5, 0.6) is 0 Å². The Bertz CT molecular complexity index is 522. The fourth-order valence-electron chi connectivity index (χ4n) is 2.88. The monoisotopic (exact) mass is 446 g/mol. The summed E-state index contributed by atoms with van der Waals surface area (Å²) < 4.78 is 5.34. The van der Waals surface area contributed by atoms with Crippen LogP contribution in [0.3, 0.4) is 0 Å². The Morgan fingerprint density at radius 3 is 2.92 bits per heavy atom. The second kappa shape index (κ2) is 11.5. The quantitative estimate of drug-likeness (QED) is 0.293. The number of nitrogens with zero attached hydrogens (tertiary/aromatic N) is 2. The van der Waals surface area contributed by atoms with Crippen molar-refractivity contribution in [2.24, 2.45) is 4.99 Å². The first-order chi connectivity index (χ1) is 11.2. The molecule has 0 saturated carbocycles. The first-order valence-corrected chi connectivity index (χ1v) is 8.59. The van der Waals surface area contributed by atoms with Gasteiger partial charge in [-0.05, 0) is 43.4 Å². The molecule has 0 aliphatic carbocycles. The maximum atomic E-state index is 5.34. The van der Waals surface area contributed by atoms with E-state index in [9.17, 15) is 0 Å². The van der Waals surface area contributed by atoms with Crippen LogP contribution >= 0.6 is 24.0 Å². The van der Waals surface area contributed by atoms with E-state index < -0.39 is 0 Å². The molecule has 1 aromatic carbocycles. The van der Waals surface area contributed by atoms with Gasteiger partial charge in [0.25, 0.3) is 0 Å². The maximum Gasteiger partial charge on any atom is 0.191 e. The lowest BCUT2D eigenvalue weighted by Gasteiger charge is -2.28. The van der Waals surface area contributed by atoms with Gasteiger partial charge in [0.1, 0.15) is 0 Å². The number of nitrogens with one attached hydrogen (secondary N) is 2. The summed E-state index contributed by atoms with van der Waals surface area (Å²) in [5, 5.41) is 6.70. The number of halogens is 1. The van der Waals surface area contributed by atoms with Gasteiger partial charge < -0.3 is 20.3 Å². The number of ether oxygens (including phenoxy) is 1. The molecule has 0 amide bonds. The summed E-state index contributed by atoms with van der Waals surface area (Å²) in [7, 11) is 3.98. The van der Waals surface area contributed by atoms with Crippen molar-refractivity contribution in [1.29, 1.82) is 0 Å². The number of hydrogen-bond donors (Lipinski definition) is 2. The maximum absolute atomic E-state index is 5.34. The number of aryl methyl sites for hydroxylation is 1. The van der Waals surface area contributed by atoms with Crippen LogP contribution in [0.2, 0.25) is 0 Å². The zero-order chi connectivity index (χ0) is 16.5. The van der Waals surface area contributed by atoms with Crippen LogP contribution in [-0.2, 0) is 17.7 Å². The van der Waals surface area contributed by atoms with Crippen molar-refractivity contribution in [2.75, 3.05) is 45.3 Å². The van der Waals surface area contributed by atoms with E-state index in [4.69, 9.17) is 4.74 Å². The van der Waals surface area contributed by atoms with Gasteiger partial charge in [0.05, 0.1) is 0 Å². The lowest BCUT2D eigenvalue weighted by Crippen LogP contribution is -2.37. The molecule has 0 saturated heterocycles. The highest BCUT2D eigenvalue weighted by molar-refractivity contribution is 14.0. The minimum absolute atomic E-state index is 0. The smallest absolute Gasteiger partial charge is 0.191 e. The zero-order valence-corrected chi connectivity index (χ0v) is 17.4. The third kappa shape index (κ3) is 6.47. The van der Waals surface area contributed by atoms with Gasteiger partial charge in [-0.2, -0.15) is 0 Å². The first-order valence-electron chi connectivity index (χ1n) is 8.59. The van der Waals surface area contributed by atoms with E-state index in [1.54, 1.807) is 7.05 Å². The highest BCUT2D eigenvalue weighted by Gasteiger charge is 2.13. The highest BCUT2D eigenvalue weighted by Crippen LogP contribution is 2.26. The molecule has 2 N–H and O–H groups in total. The van der Waals surface area contributed by atoms with Crippen molar-refractivity contribution in [3.63, 3.8) is 0 Å². The topological polar surface area (TPSA) is 48.9 Å². The van der Waals surface area contributed by atoms with Crippen molar-refractivity contribution in [3.05, 3.63) is 29.3 Å². The molecule has 2 rings (SSSR count). The van der Waals surface area contributed by atoms with Crippen LogP contribution in [0, 0.1) is 0 Å². The van der Waals surface area contributed by atoms with E-state index >= 15 is 0 Å². The predicted octanol–water partition coefficient (Wildman–Crippen LogP) is 2.78. The van der Waals surface area contributed by atoms with Gasteiger partial charge >= 0.3 is 0 Å². The van der Waals surface area contributed by atoms with Crippen molar-refractivity contribution < 1.29 is 4.74 Å². The Morgan fingerprint density at radius 2 is 2.17 bits per heavy atom. The normalized spacial score (nSPS) is 14.0. The fourth-order valence-corrected chi connectivity index (χ4v) is 2.88. The summed E-state index contributed by atoms with van der Waals surface area (Å²) in [6.45, 7) is 6.41. The van der Waals surface area contributed by atoms with Crippen LogP contribution in [0.1, 0.15) is 30.9 Å². The first kappa shape index (κ1) is 21.0. The Morgan fingerprint density at radius 1 is 1.33 bits per heavy atom. The molecule has 136 valence electrons. The molecule has 1 aliphatic rings. The lowest BCUT2D eigenvalue weighted by atomic mass is 9.99. The summed E-state index contributed by atoms with van der Waals surface area (Å²) in [5.74, 6) is 0.844. The molecule has 0 radical (unpaired) electrons. The van der Waals surface area contributed by atoms with Gasteiger partial charge in [0.15, 0.2) is 5.96 Å². The van der Waals surface area contributed by atoms with E-state index in [1.165, 1.54) is 29.7 Å². The summed E-state index contributed by atoms with van der Waals surface area (Å²) >= 11 is 0. The molecule has 6 heteroatoms. The Balaban J connectivity index is 0.00000288. The van der Waals surface area contributed by atoms with Gasteiger partial charge in [-0.15, -0.1) is 24.0 Å². The minimum Gasteiger partial charge on any atom is -0.382 e. The van der Waals surface area contributed by atoms with Crippen LogP contribution in [0.4, 0.5) is 5.69 Å². The molecule has 1 aromatic rings. The van der Waals surface area contributed by atoms with Crippen LogP contribution in [-0.4, -0.2) is 46.4 Å². The minimum atomic E-state index is 0. The molecule has 5 nitrogen and oxygen atoms in total. The molecule has 0 atom stereocenters. The summed E-state index contributed by atoms with van der Waals surface area (Å²) in [5.41, 5.74) is 4.13. The molecule has 1 heterocycles. The summed E-state index contributed by atoms with van der Waals surface area (Å²) in [4.78, 5) is 6.61. The number of guanidine groups is 1. The predicted molar refractivity (Wildman–Crippen MR) is 113 cm³/mol. The average molecular weight is 446 g/mol. The van der Waals surface area contributed by atoms with Gasteiger partial charge in [-0.3, -0.25) is 4.99 Å². The zero-order valence-electron chi connectivity index (χ0n) is 15.1. The Labute approximate surface area is 163 Å². The molecule has 0 bridgehead atoms. The Kier molecular flexibility index (Phi) is 10.1. The van der Waals surface area contributed by atoms with Gasteiger partial charge in [0.2, 0.25) is 0 Å². The van der Waals surface area contributed by atoms with E-state index in [0.29, 0.717) is 0 Å². The number of benzene rings is 1. The number of aliphatic imine (C=N–C) groups is 1. The Hall–Kier alpha value is -1.02. The molecular formula is C18H31IN4O. The highest BCUT2D eigenvalue weighted by atomic mass is 127. The molecule has 0 unspecified atom stereocenters. The largest absolute Gasteiger partial charge is 0.382 e. The van der Waals surface area contributed by atoms with Crippen LogP contribution < -0.4 is 15.5 Å². The third-order valence-electron chi connectivity index (χ3n) is 4.14. The second-order valence-corrected chi connectivity index (χ2v) is 5.89. The van der Waals surface area contributed by atoms with Gasteiger partial charge in [-0.25, -0.2) is 0 Å². The van der Waals surface area contributed by atoms with E-state index in [1.807, 2.05) is 6.92 Å². The van der Waals surface area contributed by atoms with Crippen molar-refractivity contribution in [3.8, 4) is 0 Å². The van der Waals surface area contributed by atoms with Crippen molar-refractivity contribution in [1.82, 2.24) is 10.6 Å². The fraction of sp³-hybridized carbons (Fsp3) is 0.611. The summed E-state index contributed by atoms with van der Waals surface area (Å²) in [6.07, 6.45) is 3.40. The molecular weight excluding hydrogens is 415 g/mol. The molecule has 0 fully saturated rings. The molecule has 0 aromatic heterocycles.